The van der Waals surface area contributed by atoms with Crippen LogP contribution in [0.2, 0.25) is 0 Å². The first kappa shape index (κ1) is 19.9. The number of nitrogens with one attached hydrogen (secondary N) is 1. The van der Waals surface area contributed by atoms with Crippen LogP contribution in [0.15, 0.2) is 24.3 Å². The van der Waals surface area contributed by atoms with Gasteiger partial charge < -0.3 is 15.0 Å². The number of amides is 2. The Balaban J connectivity index is 1.92. The van der Waals surface area contributed by atoms with Crippen molar-refractivity contribution >= 4 is 17.6 Å². The molecule has 1 aromatic rings. The zero-order valence-corrected chi connectivity index (χ0v) is 15.8. The number of likely N-dealkylation sites (tertiary alicyclic amines) is 1. The summed E-state index contributed by atoms with van der Waals surface area (Å²) in [6.45, 7) is 4.60. The molecule has 6 nitrogen and oxygen atoms in total. The first-order valence-corrected chi connectivity index (χ1v) is 9.16. The van der Waals surface area contributed by atoms with Crippen LogP contribution in [0.4, 0.5) is 0 Å². The number of carbonyl (C=O) groups excluding carboxylic acids is 3. The summed E-state index contributed by atoms with van der Waals surface area (Å²) in [6, 6.07) is 6.46. The molecule has 1 unspecified atom stereocenters. The average molecular weight is 360 g/mol. The molecular weight excluding hydrogens is 332 g/mol. The number of benzene rings is 1. The number of Topliss-reactive ketones (excluding diaryl/α,β-unsaturated/α-hetero) is 1. The molecule has 2 amide bonds. The molecule has 0 radical (unpaired) electrons. The molecule has 1 aliphatic heterocycles. The maximum Gasteiger partial charge on any atom is 0.242 e. The molecule has 0 spiro atoms. The summed E-state index contributed by atoms with van der Waals surface area (Å²) in [5.41, 5.74) is 0.566. The SMILES string of the molecule is COc1ccc(C(=O)C2CCCN2C(=O)CNC(=O)CCC(C)C)cc1. The van der Waals surface area contributed by atoms with Gasteiger partial charge >= 0.3 is 0 Å². The van der Waals surface area contributed by atoms with Crippen molar-refractivity contribution < 1.29 is 19.1 Å². The fraction of sp³-hybridized carbons (Fsp3) is 0.550. The van der Waals surface area contributed by atoms with Gasteiger partial charge in [-0.05, 0) is 49.4 Å². The van der Waals surface area contributed by atoms with Gasteiger partial charge in [-0.1, -0.05) is 13.8 Å². The van der Waals surface area contributed by atoms with Gasteiger partial charge in [0.2, 0.25) is 11.8 Å². The lowest BCUT2D eigenvalue weighted by Gasteiger charge is -2.24. The zero-order chi connectivity index (χ0) is 19.1. The molecule has 1 aromatic carbocycles. The van der Waals surface area contributed by atoms with E-state index in [1.807, 2.05) is 0 Å². The summed E-state index contributed by atoms with van der Waals surface area (Å²) in [4.78, 5) is 38.6. The quantitative estimate of drug-likeness (QED) is 0.723. The first-order chi connectivity index (χ1) is 12.4. The highest BCUT2D eigenvalue weighted by atomic mass is 16.5. The molecule has 142 valence electrons. The highest BCUT2D eigenvalue weighted by molar-refractivity contribution is 6.02. The predicted molar refractivity (Wildman–Crippen MR) is 99.1 cm³/mol. The third kappa shape index (κ3) is 5.31. The van der Waals surface area contributed by atoms with Gasteiger partial charge in [0.05, 0.1) is 19.7 Å². The highest BCUT2D eigenvalue weighted by Crippen LogP contribution is 2.22. The number of hydrogen-bond donors (Lipinski definition) is 1. The van der Waals surface area contributed by atoms with Gasteiger partial charge in [-0.15, -0.1) is 0 Å². The van der Waals surface area contributed by atoms with Gasteiger partial charge in [0.25, 0.3) is 0 Å². The lowest BCUT2D eigenvalue weighted by molar-refractivity contribution is -0.133. The van der Waals surface area contributed by atoms with Crippen molar-refractivity contribution in [1.29, 1.82) is 0 Å². The molecule has 0 aromatic heterocycles. The number of carbonyl (C=O) groups is 3. The normalized spacial score (nSPS) is 16.6. The summed E-state index contributed by atoms with van der Waals surface area (Å²) in [6.07, 6.45) is 2.65. The van der Waals surface area contributed by atoms with E-state index in [0.29, 0.717) is 36.6 Å². The molecule has 0 saturated carbocycles. The fourth-order valence-electron chi connectivity index (χ4n) is 3.07. The summed E-state index contributed by atoms with van der Waals surface area (Å²) in [5, 5.41) is 2.67. The van der Waals surface area contributed by atoms with Gasteiger partial charge in [-0.25, -0.2) is 0 Å². The van der Waals surface area contributed by atoms with Crippen LogP contribution in [0.1, 0.15) is 49.9 Å². The van der Waals surface area contributed by atoms with Gasteiger partial charge in [0.1, 0.15) is 5.75 Å². The van der Waals surface area contributed by atoms with E-state index < -0.39 is 6.04 Å². The average Bonchev–Trinajstić information content (AvgIpc) is 3.13. The van der Waals surface area contributed by atoms with Gasteiger partial charge in [0.15, 0.2) is 5.78 Å². The number of ketones is 1. The van der Waals surface area contributed by atoms with E-state index in [1.165, 1.54) is 0 Å². The monoisotopic (exact) mass is 360 g/mol. The second-order valence-corrected chi connectivity index (χ2v) is 7.05. The van der Waals surface area contributed by atoms with Crippen LogP contribution in [0.5, 0.6) is 5.75 Å². The third-order valence-corrected chi connectivity index (χ3v) is 4.64. The van der Waals surface area contributed by atoms with Crippen molar-refractivity contribution in [2.45, 2.75) is 45.6 Å². The Morgan fingerprint density at radius 1 is 1.23 bits per heavy atom. The molecular formula is C20H28N2O4. The minimum absolute atomic E-state index is 0.0523. The number of rotatable bonds is 8. The van der Waals surface area contributed by atoms with Crippen LogP contribution in [-0.4, -0.2) is 48.7 Å². The Kier molecular flexibility index (Phi) is 7.18. The molecule has 1 aliphatic rings. The minimum Gasteiger partial charge on any atom is -0.497 e. The van der Waals surface area contributed by atoms with E-state index in [9.17, 15) is 14.4 Å². The number of hydrogen-bond acceptors (Lipinski definition) is 4. The Morgan fingerprint density at radius 3 is 2.54 bits per heavy atom. The van der Waals surface area contributed by atoms with Crippen molar-refractivity contribution in [1.82, 2.24) is 10.2 Å². The predicted octanol–water partition coefficient (Wildman–Crippen LogP) is 2.42. The molecule has 2 rings (SSSR count). The summed E-state index contributed by atoms with van der Waals surface area (Å²) in [7, 11) is 1.57. The first-order valence-electron chi connectivity index (χ1n) is 9.16. The lowest BCUT2D eigenvalue weighted by atomic mass is 10.0. The van der Waals surface area contributed by atoms with Crippen molar-refractivity contribution in [3.05, 3.63) is 29.8 Å². The van der Waals surface area contributed by atoms with Crippen LogP contribution in [0.25, 0.3) is 0 Å². The van der Waals surface area contributed by atoms with E-state index in [1.54, 1.807) is 36.3 Å². The molecule has 0 aliphatic carbocycles. The van der Waals surface area contributed by atoms with Crippen molar-refractivity contribution in [2.75, 3.05) is 20.2 Å². The molecule has 0 bridgehead atoms. The molecule has 6 heteroatoms. The topological polar surface area (TPSA) is 75.7 Å². The lowest BCUT2D eigenvalue weighted by Crippen LogP contribution is -2.45. The smallest absolute Gasteiger partial charge is 0.242 e. The van der Waals surface area contributed by atoms with Crippen LogP contribution < -0.4 is 10.1 Å². The third-order valence-electron chi connectivity index (χ3n) is 4.64. The Hall–Kier alpha value is -2.37. The minimum atomic E-state index is -0.455. The van der Waals surface area contributed by atoms with Crippen LogP contribution in [0.3, 0.4) is 0 Å². The van der Waals surface area contributed by atoms with E-state index in [0.717, 1.165) is 12.8 Å². The molecule has 1 saturated heterocycles. The van der Waals surface area contributed by atoms with Crippen molar-refractivity contribution in [2.24, 2.45) is 5.92 Å². The largest absolute Gasteiger partial charge is 0.497 e. The summed E-state index contributed by atoms with van der Waals surface area (Å²) < 4.78 is 5.11. The van der Waals surface area contributed by atoms with Crippen molar-refractivity contribution in [3.63, 3.8) is 0 Å². The van der Waals surface area contributed by atoms with Gasteiger partial charge in [0, 0.05) is 18.5 Å². The second kappa shape index (κ2) is 9.36. The molecule has 1 heterocycles. The highest BCUT2D eigenvalue weighted by Gasteiger charge is 2.34. The zero-order valence-electron chi connectivity index (χ0n) is 15.8. The van der Waals surface area contributed by atoms with E-state index in [-0.39, 0.29) is 24.1 Å². The van der Waals surface area contributed by atoms with Crippen LogP contribution in [-0.2, 0) is 9.59 Å². The Bertz CT molecular complexity index is 640. The van der Waals surface area contributed by atoms with E-state index in [2.05, 4.69) is 19.2 Å². The number of nitrogens with zero attached hydrogens (tertiary/aromatic N) is 1. The molecule has 1 N–H and O–H groups in total. The maximum absolute atomic E-state index is 12.8. The van der Waals surface area contributed by atoms with Gasteiger partial charge in [-0.3, -0.25) is 14.4 Å². The molecule has 1 atom stereocenters. The van der Waals surface area contributed by atoms with Crippen LogP contribution in [0, 0.1) is 5.92 Å². The second-order valence-electron chi connectivity index (χ2n) is 7.05. The summed E-state index contributed by atoms with van der Waals surface area (Å²) in [5.74, 6) is 0.743. The van der Waals surface area contributed by atoms with Crippen molar-refractivity contribution in [3.8, 4) is 5.75 Å². The van der Waals surface area contributed by atoms with E-state index in [4.69, 9.17) is 4.74 Å². The summed E-state index contributed by atoms with van der Waals surface area (Å²) >= 11 is 0. The maximum atomic E-state index is 12.8. The number of ether oxygens (including phenoxy) is 1. The fourth-order valence-corrected chi connectivity index (χ4v) is 3.07. The number of methoxy groups -OCH3 is 1. The van der Waals surface area contributed by atoms with Gasteiger partial charge in [-0.2, -0.15) is 0 Å². The standard InChI is InChI=1S/C20H28N2O4/c1-14(2)6-11-18(23)21-13-19(24)22-12-4-5-17(22)20(25)15-7-9-16(26-3)10-8-15/h7-10,14,17H,4-6,11-13H2,1-3H3,(H,21,23). The Labute approximate surface area is 154 Å². The molecule has 26 heavy (non-hydrogen) atoms. The Morgan fingerprint density at radius 2 is 1.92 bits per heavy atom. The van der Waals surface area contributed by atoms with Crippen LogP contribution >= 0.6 is 0 Å². The molecule has 1 fully saturated rings. The van der Waals surface area contributed by atoms with E-state index >= 15 is 0 Å².